The van der Waals surface area contributed by atoms with E-state index in [9.17, 15) is 9.18 Å². The number of piperidine rings is 1. The van der Waals surface area contributed by atoms with Crippen LogP contribution in [0.3, 0.4) is 0 Å². The average Bonchev–Trinajstić information content (AvgIpc) is 2.62. The second-order valence-corrected chi connectivity index (χ2v) is 5.60. The van der Waals surface area contributed by atoms with Crippen LogP contribution in [0, 0.1) is 5.82 Å². The molecule has 1 saturated heterocycles. The van der Waals surface area contributed by atoms with Crippen molar-refractivity contribution < 1.29 is 23.8 Å². The summed E-state index contributed by atoms with van der Waals surface area (Å²) in [4.78, 5) is 18.1. The molecule has 0 spiro atoms. The van der Waals surface area contributed by atoms with Crippen molar-refractivity contribution in [2.75, 3.05) is 51.5 Å². The minimum Gasteiger partial charge on any atom is -0.394 e. The zero-order valence-corrected chi connectivity index (χ0v) is 13.8. The van der Waals surface area contributed by atoms with Crippen molar-refractivity contribution >= 4 is 11.6 Å². The minimum atomic E-state index is -0.906. The first-order chi connectivity index (χ1) is 11.6. The van der Waals surface area contributed by atoms with Gasteiger partial charge in [0.1, 0.15) is 5.60 Å². The van der Waals surface area contributed by atoms with Crippen LogP contribution in [0.2, 0.25) is 0 Å². The number of hydrogen-bond donors (Lipinski definition) is 2. The molecule has 2 N–H and O–H groups in total. The van der Waals surface area contributed by atoms with Crippen molar-refractivity contribution in [1.29, 1.82) is 0 Å². The van der Waals surface area contributed by atoms with Crippen molar-refractivity contribution in [1.82, 2.24) is 10.3 Å². The number of ether oxygens (including phenoxy) is 2. The number of nitrogens with one attached hydrogen (secondary N) is 1. The lowest BCUT2D eigenvalue weighted by Gasteiger charge is -2.40. The van der Waals surface area contributed by atoms with Gasteiger partial charge in [-0.1, -0.05) is 0 Å². The quantitative estimate of drug-likeness (QED) is 0.663. The van der Waals surface area contributed by atoms with E-state index in [2.05, 4.69) is 10.3 Å². The fourth-order valence-electron chi connectivity index (χ4n) is 2.82. The summed E-state index contributed by atoms with van der Waals surface area (Å²) in [5, 5.41) is 11.4. The molecule has 0 radical (unpaired) electrons. The highest BCUT2D eigenvalue weighted by Crippen LogP contribution is 2.30. The van der Waals surface area contributed by atoms with Crippen LogP contribution in [-0.2, 0) is 14.3 Å². The number of aliphatic hydroxyl groups excluding tert-OH is 1. The molecule has 0 aliphatic carbocycles. The summed E-state index contributed by atoms with van der Waals surface area (Å²) in [7, 11) is 1.52. The molecular formula is C16H24FN3O4. The average molecular weight is 341 g/mol. The maximum Gasteiger partial charge on any atom is 0.252 e. The Morgan fingerprint density at radius 3 is 2.83 bits per heavy atom. The molecule has 1 fully saturated rings. The summed E-state index contributed by atoms with van der Waals surface area (Å²) in [6.45, 7) is 1.93. The molecule has 0 saturated carbocycles. The third-order valence-electron chi connectivity index (χ3n) is 4.23. The maximum atomic E-state index is 13.8. The highest BCUT2D eigenvalue weighted by Gasteiger charge is 2.41. The zero-order chi connectivity index (χ0) is 17.4. The normalized spacial score (nSPS) is 16.9. The fraction of sp³-hybridized carbons (Fsp3) is 0.625. The Morgan fingerprint density at radius 1 is 1.46 bits per heavy atom. The summed E-state index contributed by atoms with van der Waals surface area (Å²) in [6.07, 6.45) is 3.67. The molecular weight excluding hydrogens is 317 g/mol. The Labute approximate surface area is 140 Å². The van der Waals surface area contributed by atoms with Crippen LogP contribution in [0.5, 0.6) is 0 Å². The van der Waals surface area contributed by atoms with E-state index in [1.54, 1.807) is 12.3 Å². The molecule has 0 aromatic carbocycles. The van der Waals surface area contributed by atoms with E-state index in [1.165, 1.54) is 13.3 Å². The van der Waals surface area contributed by atoms with Gasteiger partial charge < -0.3 is 24.8 Å². The number of carbonyl (C=O) groups excluding carboxylic acids is 1. The van der Waals surface area contributed by atoms with E-state index in [-0.39, 0.29) is 24.9 Å². The molecule has 134 valence electrons. The predicted octanol–water partition coefficient (Wildman–Crippen LogP) is 0.331. The van der Waals surface area contributed by atoms with E-state index in [0.717, 1.165) is 0 Å². The highest BCUT2D eigenvalue weighted by atomic mass is 19.1. The van der Waals surface area contributed by atoms with Crippen molar-refractivity contribution in [3.63, 3.8) is 0 Å². The van der Waals surface area contributed by atoms with E-state index < -0.39 is 5.60 Å². The number of aliphatic hydroxyl groups is 1. The highest BCUT2D eigenvalue weighted by molar-refractivity contribution is 5.85. The first kappa shape index (κ1) is 18.6. The number of nitrogens with zero attached hydrogens (tertiary/aromatic N) is 2. The smallest absolute Gasteiger partial charge is 0.252 e. The number of methoxy groups -OCH3 is 1. The summed E-state index contributed by atoms with van der Waals surface area (Å²) >= 11 is 0. The summed E-state index contributed by atoms with van der Waals surface area (Å²) in [5.41, 5.74) is -0.413. The number of hydrogen-bond acceptors (Lipinski definition) is 6. The molecule has 7 nitrogen and oxygen atoms in total. The molecule has 0 unspecified atom stereocenters. The lowest BCUT2D eigenvalue weighted by molar-refractivity contribution is -0.146. The molecule has 1 amide bonds. The van der Waals surface area contributed by atoms with Gasteiger partial charge in [0.15, 0.2) is 5.82 Å². The Kier molecular flexibility index (Phi) is 6.89. The minimum absolute atomic E-state index is 0.0443. The molecule has 0 atom stereocenters. The van der Waals surface area contributed by atoms with E-state index >= 15 is 0 Å². The number of carbonyl (C=O) groups is 1. The SMILES string of the molecule is COC1(C(=O)NCCOCCO)CCN(c2ccncc2F)CC1. The number of halogens is 1. The Hall–Kier alpha value is -1.77. The number of pyridine rings is 1. The fourth-order valence-corrected chi connectivity index (χ4v) is 2.82. The van der Waals surface area contributed by atoms with E-state index in [4.69, 9.17) is 14.6 Å². The number of anilines is 1. The molecule has 24 heavy (non-hydrogen) atoms. The van der Waals surface area contributed by atoms with Gasteiger partial charge in [0.05, 0.1) is 31.7 Å². The molecule has 1 aliphatic heterocycles. The molecule has 0 bridgehead atoms. The second-order valence-electron chi connectivity index (χ2n) is 5.60. The van der Waals surface area contributed by atoms with Gasteiger partial charge in [-0.2, -0.15) is 0 Å². The van der Waals surface area contributed by atoms with Gasteiger partial charge in [-0.25, -0.2) is 4.39 Å². The maximum absolute atomic E-state index is 13.8. The van der Waals surface area contributed by atoms with Crippen molar-refractivity contribution in [2.24, 2.45) is 0 Å². The summed E-state index contributed by atoms with van der Waals surface area (Å²) in [5.74, 6) is -0.555. The summed E-state index contributed by atoms with van der Waals surface area (Å²) in [6, 6.07) is 1.63. The third-order valence-corrected chi connectivity index (χ3v) is 4.23. The topological polar surface area (TPSA) is 83.9 Å². The largest absolute Gasteiger partial charge is 0.394 e. The molecule has 1 aliphatic rings. The third kappa shape index (κ3) is 4.40. The van der Waals surface area contributed by atoms with Gasteiger partial charge in [0.2, 0.25) is 0 Å². The van der Waals surface area contributed by atoms with Gasteiger partial charge in [-0.3, -0.25) is 9.78 Å². The first-order valence-electron chi connectivity index (χ1n) is 7.99. The van der Waals surface area contributed by atoms with Gasteiger partial charge >= 0.3 is 0 Å². The van der Waals surface area contributed by atoms with Crippen molar-refractivity contribution in [3.8, 4) is 0 Å². The molecule has 8 heteroatoms. The Bertz CT molecular complexity index is 536. The monoisotopic (exact) mass is 341 g/mol. The standard InChI is InChI=1S/C16H24FN3O4/c1-23-16(15(22)19-6-10-24-11-9-21)3-7-20(8-4-16)14-2-5-18-12-13(14)17/h2,5,12,21H,3-4,6-11H2,1H3,(H,19,22). The molecule has 2 heterocycles. The predicted molar refractivity (Wildman–Crippen MR) is 86.3 cm³/mol. The Balaban J connectivity index is 1.88. The Morgan fingerprint density at radius 2 is 2.21 bits per heavy atom. The van der Waals surface area contributed by atoms with Crippen molar-refractivity contribution in [2.45, 2.75) is 18.4 Å². The van der Waals surface area contributed by atoms with Crippen LogP contribution in [0.15, 0.2) is 18.5 Å². The lowest BCUT2D eigenvalue weighted by Crippen LogP contribution is -2.55. The van der Waals surface area contributed by atoms with Crippen LogP contribution in [0.25, 0.3) is 0 Å². The van der Waals surface area contributed by atoms with Crippen LogP contribution in [0.1, 0.15) is 12.8 Å². The first-order valence-corrected chi connectivity index (χ1v) is 7.99. The van der Waals surface area contributed by atoms with Crippen LogP contribution in [0.4, 0.5) is 10.1 Å². The number of amides is 1. The van der Waals surface area contributed by atoms with Gasteiger partial charge in [-0.15, -0.1) is 0 Å². The summed E-state index contributed by atoms with van der Waals surface area (Å²) < 4.78 is 24.5. The van der Waals surface area contributed by atoms with Crippen LogP contribution in [-0.4, -0.2) is 68.2 Å². The molecule has 1 aromatic heterocycles. The number of rotatable bonds is 8. The lowest BCUT2D eigenvalue weighted by atomic mass is 9.89. The van der Waals surface area contributed by atoms with Gasteiger partial charge in [0.25, 0.3) is 5.91 Å². The second kappa shape index (κ2) is 8.91. The zero-order valence-electron chi connectivity index (χ0n) is 13.8. The van der Waals surface area contributed by atoms with E-state index in [1.807, 2.05) is 4.90 Å². The van der Waals surface area contributed by atoms with Gasteiger partial charge in [0, 0.05) is 45.8 Å². The van der Waals surface area contributed by atoms with E-state index in [0.29, 0.717) is 44.8 Å². The van der Waals surface area contributed by atoms with Crippen LogP contribution >= 0.6 is 0 Å². The van der Waals surface area contributed by atoms with Crippen molar-refractivity contribution in [3.05, 3.63) is 24.3 Å². The molecule has 1 aromatic rings. The van der Waals surface area contributed by atoms with Gasteiger partial charge in [-0.05, 0) is 6.07 Å². The number of aromatic nitrogens is 1. The molecule has 2 rings (SSSR count). The van der Waals surface area contributed by atoms with Crippen LogP contribution < -0.4 is 10.2 Å².